The Morgan fingerprint density at radius 3 is 1.42 bits per heavy atom. The van der Waals surface area contributed by atoms with Crippen molar-refractivity contribution in [1.29, 1.82) is 0 Å². The fourth-order valence-corrected chi connectivity index (χ4v) is 8.28. The number of hydrogen-bond donors (Lipinski definition) is 2. The highest BCUT2D eigenvalue weighted by atomic mass is 32.2. The van der Waals surface area contributed by atoms with Gasteiger partial charge in [-0.1, -0.05) is 12.1 Å². The Hall–Kier alpha value is -2.09. The molecule has 0 aliphatic carbocycles. The number of nitrogens with zero attached hydrogens (tertiary/aromatic N) is 2. The molecule has 2 aromatic carbocycles. The van der Waals surface area contributed by atoms with Crippen LogP contribution in [0, 0.1) is 23.7 Å². The van der Waals surface area contributed by atoms with E-state index in [1.807, 2.05) is 24.3 Å². The Morgan fingerprint density at radius 1 is 0.645 bits per heavy atom. The third kappa shape index (κ3) is 2.66. The van der Waals surface area contributed by atoms with Crippen molar-refractivity contribution >= 4 is 21.2 Å². The van der Waals surface area contributed by atoms with Crippen LogP contribution in [0.25, 0.3) is 11.1 Å². The molecule has 7 rings (SSSR count). The van der Waals surface area contributed by atoms with Gasteiger partial charge in [-0.2, -0.15) is 0 Å². The van der Waals surface area contributed by atoms with E-state index in [1.54, 1.807) is 0 Å². The van der Waals surface area contributed by atoms with Crippen LogP contribution in [0.3, 0.4) is 0 Å². The summed E-state index contributed by atoms with van der Waals surface area (Å²) in [6.45, 7) is 8.36. The van der Waals surface area contributed by atoms with Crippen LogP contribution in [-0.4, -0.2) is 60.8 Å². The molecular formula is C24H28N4O2S. The highest BCUT2D eigenvalue weighted by Gasteiger charge is 2.40. The van der Waals surface area contributed by atoms with Crippen LogP contribution in [0.1, 0.15) is 0 Å². The van der Waals surface area contributed by atoms with E-state index in [4.69, 9.17) is 0 Å². The second-order valence-corrected chi connectivity index (χ2v) is 11.9. The first-order valence-electron chi connectivity index (χ1n) is 11.5. The van der Waals surface area contributed by atoms with Gasteiger partial charge in [0.1, 0.15) is 0 Å². The highest BCUT2D eigenvalue weighted by Crippen LogP contribution is 2.47. The maximum atomic E-state index is 13.5. The van der Waals surface area contributed by atoms with Gasteiger partial charge >= 0.3 is 0 Å². The monoisotopic (exact) mass is 436 g/mol. The van der Waals surface area contributed by atoms with E-state index >= 15 is 0 Å². The normalized spacial score (nSPS) is 32.3. The van der Waals surface area contributed by atoms with Crippen molar-refractivity contribution in [3.05, 3.63) is 36.4 Å². The summed E-state index contributed by atoms with van der Waals surface area (Å²) >= 11 is 0. The maximum absolute atomic E-state index is 13.5. The molecule has 7 heteroatoms. The van der Waals surface area contributed by atoms with Crippen LogP contribution < -0.4 is 20.4 Å². The zero-order valence-corrected chi connectivity index (χ0v) is 18.4. The number of anilines is 2. The molecule has 162 valence electrons. The molecule has 0 bridgehead atoms. The summed E-state index contributed by atoms with van der Waals surface area (Å²) in [5, 5.41) is 6.95. The van der Waals surface area contributed by atoms with Crippen molar-refractivity contribution in [3.8, 4) is 11.1 Å². The molecule has 4 unspecified atom stereocenters. The van der Waals surface area contributed by atoms with Crippen molar-refractivity contribution in [2.45, 2.75) is 9.79 Å². The van der Waals surface area contributed by atoms with Gasteiger partial charge in [0.05, 0.1) is 9.79 Å². The van der Waals surface area contributed by atoms with Gasteiger partial charge in [-0.3, -0.25) is 0 Å². The first kappa shape index (κ1) is 18.5. The quantitative estimate of drug-likeness (QED) is 0.639. The SMILES string of the molecule is O=S1(=O)c2cc(N3CC4CNCC4C3)ccc2-c2ccc(N3CC4CNCC4C3)cc21. The summed E-state index contributed by atoms with van der Waals surface area (Å²) in [6.07, 6.45) is 0. The first-order chi connectivity index (χ1) is 15.1. The molecule has 0 radical (unpaired) electrons. The zero-order valence-electron chi connectivity index (χ0n) is 17.5. The minimum Gasteiger partial charge on any atom is -0.371 e. The topological polar surface area (TPSA) is 64.7 Å². The molecule has 2 aromatic rings. The fourth-order valence-electron chi connectivity index (χ4n) is 6.56. The molecule has 4 fully saturated rings. The minimum atomic E-state index is -3.48. The second kappa shape index (κ2) is 6.47. The van der Waals surface area contributed by atoms with Crippen molar-refractivity contribution in [2.75, 3.05) is 62.2 Å². The van der Waals surface area contributed by atoms with E-state index in [2.05, 4.69) is 32.6 Å². The minimum absolute atomic E-state index is 0.481. The summed E-state index contributed by atoms with van der Waals surface area (Å²) < 4.78 is 27.1. The average Bonchev–Trinajstić information content (AvgIpc) is 3.54. The van der Waals surface area contributed by atoms with Crippen molar-refractivity contribution in [2.24, 2.45) is 23.7 Å². The molecule has 0 aromatic heterocycles. The molecule has 31 heavy (non-hydrogen) atoms. The lowest BCUT2D eigenvalue weighted by Crippen LogP contribution is -2.25. The van der Waals surface area contributed by atoms with E-state index in [9.17, 15) is 8.42 Å². The van der Waals surface area contributed by atoms with E-state index < -0.39 is 9.84 Å². The summed E-state index contributed by atoms with van der Waals surface area (Å²) in [5.74, 6) is 2.72. The van der Waals surface area contributed by atoms with Gasteiger partial charge in [0.25, 0.3) is 0 Å². The molecule has 5 aliphatic rings. The molecule has 5 aliphatic heterocycles. The predicted octanol–water partition coefficient (Wildman–Crippen LogP) is 1.81. The van der Waals surface area contributed by atoms with Crippen LogP contribution in [0.4, 0.5) is 11.4 Å². The number of rotatable bonds is 2. The third-order valence-electron chi connectivity index (χ3n) is 8.31. The lowest BCUT2D eigenvalue weighted by atomic mass is 10.0. The van der Waals surface area contributed by atoms with Gasteiger partial charge in [0.15, 0.2) is 0 Å². The average molecular weight is 437 g/mol. The Labute approximate surface area is 183 Å². The molecular weight excluding hydrogens is 408 g/mol. The lowest BCUT2D eigenvalue weighted by Gasteiger charge is -2.20. The smallest absolute Gasteiger partial charge is 0.207 e. The molecule has 6 nitrogen and oxygen atoms in total. The molecule has 4 atom stereocenters. The summed E-state index contributed by atoms with van der Waals surface area (Å²) in [6, 6.07) is 12.1. The molecule has 2 N–H and O–H groups in total. The van der Waals surface area contributed by atoms with E-state index in [0.29, 0.717) is 33.5 Å². The van der Waals surface area contributed by atoms with E-state index in [-0.39, 0.29) is 0 Å². The molecule has 0 amide bonds. The van der Waals surface area contributed by atoms with Crippen LogP contribution in [-0.2, 0) is 9.84 Å². The first-order valence-corrected chi connectivity index (χ1v) is 13.0. The number of nitrogens with one attached hydrogen (secondary N) is 2. The zero-order chi connectivity index (χ0) is 20.7. The molecule has 5 heterocycles. The second-order valence-electron chi connectivity index (χ2n) is 10.0. The van der Waals surface area contributed by atoms with Gasteiger partial charge in [-0.15, -0.1) is 0 Å². The van der Waals surface area contributed by atoms with Gasteiger partial charge in [-0.05, 0) is 47.9 Å². The van der Waals surface area contributed by atoms with E-state index in [1.165, 1.54) is 0 Å². The summed E-state index contributed by atoms with van der Waals surface area (Å²) in [7, 11) is -3.48. The number of hydrogen-bond acceptors (Lipinski definition) is 6. The highest BCUT2D eigenvalue weighted by molar-refractivity contribution is 7.92. The van der Waals surface area contributed by atoms with Crippen LogP contribution in [0.2, 0.25) is 0 Å². The van der Waals surface area contributed by atoms with Crippen LogP contribution in [0.5, 0.6) is 0 Å². The molecule has 0 saturated carbocycles. The van der Waals surface area contributed by atoms with Gasteiger partial charge in [-0.25, -0.2) is 8.42 Å². The number of sulfone groups is 1. The van der Waals surface area contributed by atoms with Crippen molar-refractivity contribution < 1.29 is 8.42 Å². The number of fused-ring (bicyclic) bond motifs is 5. The fraction of sp³-hybridized carbons (Fsp3) is 0.500. The van der Waals surface area contributed by atoms with Crippen molar-refractivity contribution in [3.63, 3.8) is 0 Å². The Morgan fingerprint density at radius 2 is 1.03 bits per heavy atom. The Kier molecular flexibility index (Phi) is 3.85. The standard InChI is InChI=1S/C24H28N4O2S/c29-31(30)23-5-19(27-11-15-7-25-8-16(15)12-27)1-3-21(23)22-4-2-20(6-24(22)31)28-13-17-9-26-10-18(17)14-28/h1-6,15-18,25-26H,7-14H2. The Balaban J connectivity index is 1.22. The Bertz CT molecular complexity index is 1070. The van der Waals surface area contributed by atoms with Crippen LogP contribution in [0.15, 0.2) is 46.2 Å². The van der Waals surface area contributed by atoms with Gasteiger partial charge in [0.2, 0.25) is 9.84 Å². The molecule has 0 spiro atoms. The van der Waals surface area contributed by atoms with Crippen molar-refractivity contribution in [1.82, 2.24) is 10.6 Å². The third-order valence-corrected chi connectivity index (χ3v) is 10.1. The van der Waals surface area contributed by atoms with E-state index in [0.717, 1.165) is 74.9 Å². The molecule has 4 saturated heterocycles. The lowest BCUT2D eigenvalue weighted by molar-refractivity contribution is 0.533. The summed E-state index contributed by atoms with van der Waals surface area (Å²) in [4.78, 5) is 5.71. The van der Waals surface area contributed by atoms with Gasteiger partial charge < -0.3 is 20.4 Å². The number of benzene rings is 2. The summed E-state index contributed by atoms with van der Waals surface area (Å²) in [5.41, 5.74) is 3.80. The maximum Gasteiger partial charge on any atom is 0.207 e. The largest absolute Gasteiger partial charge is 0.371 e. The van der Waals surface area contributed by atoms with Crippen LogP contribution >= 0.6 is 0 Å². The van der Waals surface area contributed by atoms with Gasteiger partial charge in [0, 0.05) is 74.9 Å². The predicted molar refractivity (Wildman–Crippen MR) is 121 cm³/mol.